The number of nitrogens with zero attached hydrogens (tertiary/aromatic N) is 3. The molecular weight excluding hydrogens is 270 g/mol. The molecule has 106 valence electrons. The number of pyridine rings is 1. The van der Waals surface area contributed by atoms with Crippen molar-refractivity contribution in [1.82, 2.24) is 9.38 Å². The van der Waals surface area contributed by atoms with Crippen LogP contribution in [0.4, 0.5) is 5.82 Å². The first-order chi connectivity index (χ1) is 10.2. The maximum Gasteiger partial charge on any atom is 0.392 e. The Balaban J connectivity index is 2.02. The molecule has 0 saturated carbocycles. The van der Waals surface area contributed by atoms with E-state index >= 15 is 0 Å². The van der Waals surface area contributed by atoms with Crippen molar-refractivity contribution in [2.24, 2.45) is 0 Å². The van der Waals surface area contributed by atoms with Crippen LogP contribution in [0, 0.1) is 10.1 Å². The second-order valence-electron chi connectivity index (χ2n) is 4.53. The van der Waals surface area contributed by atoms with Gasteiger partial charge in [0.1, 0.15) is 5.75 Å². The maximum atomic E-state index is 11.3. The van der Waals surface area contributed by atoms with Gasteiger partial charge in [-0.3, -0.25) is 0 Å². The highest BCUT2D eigenvalue weighted by Gasteiger charge is 2.24. The Morgan fingerprint density at radius 1 is 1.24 bits per heavy atom. The van der Waals surface area contributed by atoms with Gasteiger partial charge in [0, 0.05) is 6.07 Å². The molecule has 3 rings (SSSR count). The minimum Gasteiger partial charge on any atom is -0.433 e. The monoisotopic (exact) mass is 283 g/mol. The third kappa shape index (κ3) is 2.43. The number of fused-ring (bicyclic) bond motifs is 1. The van der Waals surface area contributed by atoms with Crippen LogP contribution in [0.1, 0.15) is 12.5 Å². The summed E-state index contributed by atoms with van der Waals surface area (Å²) in [7, 11) is 0. The van der Waals surface area contributed by atoms with Crippen molar-refractivity contribution >= 4 is 11.5 Å². The molecule has 21 heavy (non-hydrogen) atoms. The summed E-state index contributed by atoms with van der Waals surface area (Å²) >= 11 is 0. The number of aryl methyl sites for hydroxylation is 1. The maximum absolute atomic E-state index is 11.3. The Hall–Kier alpha value is -2.89. The molecule has 1 aromatic carbocycles. The van der Waals surface area contributed by atoms with Crippen LogP contribution >= 0.6 is 0 Å². The Kier molecular flexibility index (Phi) is 3.27. The summed E-state index contributed by atoms with van der Waals surface area (Å²) < 4.78 is 6.98. The molecular formula is C15H13N3O3. The summed E-state index contributed by atoms with van der Waals surface area (Å²) in [5.41, 5.74) is 1.65. The van der Waals surface area contributed by atoms with Gasteiger partial charge in [-0.05, 0) is 35.1 Å². The summed E-state index contributed by atoms with van der Waals surface area (Å²) in [6.45, 7) is 2.06. The number of imidazole rings is 1. The number of aromatic nitrogens is 2. The number of hydrogen-bond acceptors (Lipinski definition) is 4. The lowest BCUT2D eigenvalue weighted by Gasteiger charge is -2.03. The van der Waals surface area contributed by atoms with Crippen LogP contribution in [0.3, 0.4) is 0 Å². The van der Waals surface area contributed by atoms with Crippen LogP contribution in [0.15, 0.2) is 48.7 Å². The highest BCUT2D eigenvalue weighted by Crippen LogP contribution is 2.31. The number of nitro groups is 1. The Labute approximate surface area is 120 Å². The number of ether oxygens (including phenoxy) is 1. The van der Waals surface area contributed by atoms with Gasteiger partial charge in [-0.2, -0.15) is 9.38 Å². The van der Waals surface area contributed by atoms with E-state index in [1.807, 2.05) is 12.1 Å². The Morgan fingerprint density at radius 2 is 2.00 bits per heavy atom. The van der Waals surface area contributed by atoms with Crippen molar-refractivity contribution in [1.29, 1.82) is 0 Å². The normalized spacial score (nSPS) is 10.7. The lowest BCUT2D eigenvalue weighted by atomic mass is 10.2. The van der Waals surface area contributed by atoms with Crippen molar-refractivity contribution in [3.63, 3.8) is 0 Å². The first-order valence-corrected chi connectivity index (χ1v) is 6.57. The molecule has 6 nitrogen and oxygen atoms in total. The smallest absolute Gasteiger partial charge is 0.392 e. The Morgan fingerprint density at radius 3 is 2.67 bits per heavy atom. The summed E-state index contributed by atoms with van der Waals surface area (Å²) in [4.78, 5) is 14.9. The molecule has 2 aromatic heterocycles. The molecule has 0 aliphatic carbocycles. The van der Waals surface area contributed by atoms with Gasteiger partial charge in [-0.1, -0.05) is 25.1 Å². The fraction of sp³-hybridized carbons (Fsp3) is 0.133. The molecule has 0 N–H and O–H groups in total. The van der Waals surface area contributed by atoms with Crippen molar-refractivity contribution < 1.29 is 9.66 Å². The molecule has 6 heteroatoms. The topological polar surface area (TPSA) is 69.7 Å². The molecule has 0 bridgehead atoms. The van der Waals surface area contributed by atoms with Gasteiger partial charge in [-0.15, -0.1) is 0 Å². The second kappa shape index (κ2) is 5.24. The fourth-order valence-electron chi connectivity index (χ4n) is 2.10. The standard InChI is InChI=1S/C15H13N3O3/c1-2-11-6-8-12(9-7-11)21-14-15(18(19)20)17-10-4-3-5-13(17)16-14/h3-10H,2H2,1H3. The quantitative estimate of drug-likeness (QED) is 0.542. The lowest BCUT2D eigenvalue weighted by molar-refractivity contribution is -0.391. The summed E-state index contributed by atoms with van der Waals surface area (Å²) in [5, 5.41) is 11.3. The predicted molar refractivity (Wildman–Crippen MR) is 77.7 cm³/mol. The van der Waals surface area contributed by atoms with Crippen LogP contribution in [0.5, 0.6) is 11.6 Å². The van der Waals surface area contributed by atoms with Crippen molar-refractivity contribution in [3.05, 3.63) is 64.3 Å². The van der Waals surface area contributed by atoms with Crippen molar-refractivity contribution in [3.8, 4) is 11.6 Å². The summed E-state index contributed by atoms with van der Waals surface area (Å²) in [6, 6.07) is 12.6. The van der Waals surface area contributed by atoms with Gasteiger partial charge < -0.3 is 14.9 Å². The molecule has 0 spiro atoms. The van der Waals surface area contributed by atoms with Gasteiger partial charge >= 0.3 is 11.7 Å². The number of hydrogen-bond donors (Lipinski definition) is 0. The van der Waals surface area contributed by atoms with E-state index < -0.39 is 4.92 Å². The van der Waals surface area contributed by atoms with Gasteiger partial charge in [0.2, 0.25) is 5.65 Å². The first kappa shape index (κ1) is 13.1. The third-order valence-corrected chi connectivity index (χ3v) is 3.19. The van der Waals surface area contributed by atoms with Gasteiger partial charge in [-0.25, -0.2) is 0 Å². The van der Waals surface area contributed by atoms with E-state index in [2.05, 4.69) is 11.9 Å². The van der Waals surface area contributed by atoms with Crippen LogP contribution in [0.2, 0.25) is 0 Å². The molecule has 0 atom stereocenters. The summed E-state index contributed by atoms with van der Waals surface area (Å²) in [5.74, 6) is 0.347. The molecule has 0 amide bonds. The highest BCUT2D eigenvalue weighted by atomic mass is 16.6. The predicted octanol–water partition coefficient (Wildman–Crippen LogP) is 3.60. The number of benzene rings is 1. The Bertz CT molecular complexity index is 794. The van der Waals surface area contributed by atoms with E-state index in [9.17, 15) is 10.1 Å². The lowest BCUT2D eigenvalue weighted by Crippen LogP contribution is -1.96. The number of rotatable bonds is 4. The average molecular weight is 283 g/mol. The molecule has 0 saturated heterocycles. The SMILES string of the molecule is CCc1ccc(Oc2nc3ccccn3c2[N+](=O)[O-])cc1. The summed E-state index contributed by atoms with van der Waals surface area (Å²) in [6.07, 6.45) is 2.52. The average Bonchev–Trinajstić information content (AvgIpc) is 2.86. The molecule has 0 aliphatic rings. The van der Waals surface area contributed by atoms with E-state index in [0.717, 1.165) is 6.42 Å². The molecule has 2 heterocycles. The zero-order valence-corrected chi connectivity index (χ0v) is 11.4. The van der Waals surface area contributed by atoms with E-state index in [0.29, 0.717) is 11.4 Å². The molecule has 0 fully saturated rings. The van der Waals surface area contributed by atoms with Gasteiger partial charge in [0.05, 0.1) is 6.20 Å². The zero-order valence-electron chi connectivity index (χ0n) is 11.4. The first-order valence-electron chi connectivity index (χ1n) is 6.57. The van der Waals surface area contributed by atoms with Crippen LogP contribution in [-0.2, 0) is 6.42 Å². The minimum absolute atomic E-state index is 0.00421. The third-order valence-electron chi connectivity index (χ3n) is 3.19. The highest BCUT2D eigenvalue weighted by molar-refractivity contribution is 5.53. The molecule has 0 radical (unpaired) electrons. The molecule has 0 unspecified atom stereocenters. The molecule has 0 aliphatic heterocycles. The zero-order chi connectivity index (χ0) is 14.8. The van der Waals surface area contributed by atoms with E-state index in [-0.39, 0.29) is 11.7 Å². The van der Waals surface area contributed by atoms with Gasteiger partial charge in [0.15, 0.2) is 0 Å². The molecule has 3 aromatic rings. The van der Waals surface area contributed by atoms with Crippen molar-refractivity contribution in [2.45, 2.75) is 13.3 Å². The van der Waals surface area contributed by atoms with Crippen LogP contribution in [-0.4, -0.2) is 14.3 Å². The second-order valence-corrected chi connectivity index (χ2v) is 4.53. The van der Waals surface area contributed by atoms with E-state index in [1.54, 1.807) is 36.5 Å². The van der Waals surface area contributed by atoms with E-state index in [4.69, 9.17) is 4.74 Å². The largest absolute Gasteiger partial charge is 0.433 e. The van der Waals surface area contributed by atoms with Gasteiger partial charge in [0.25, 0.3) is 0 Å². The minimum atomic E-state index is -0.490. The fourth-order valence-corrected chi connectivity index (χ4v) is 2.10. The van der Waals surface area contributed by atoms with Crippen LogP contribution < -0.4 is 4.74 Å². The van der Waals surface area contributed by atoms with Crippen LogP contribution in [0.25, 0.3) is 5.65 Å². The van der Waals surface area contributed by atoms with E-state index in [1.165, 1.54) is 9.96 Å². The van der Waals surface area contributed by atoms with Crippen molar-refractivity contribution in [2.75, 3.05) is 0 Å².